The Labute approximate surface area is 180 Å². The maximum atomic E-state index is 13.0. The summed E-state index contributed by atoms with van der Waals surface area (Å²) < 4.78 is 0.941. The van der Waals surface area contributed by atoms with Gasteiger partial charge in [0.25, 0.3) is 0 Å². The Kier molecular flexibility index (Phi) is 9.00. The molecule has 0 aliphatic rings. The number of hydrogen-bond donors (Lipinski definition) is 1. The zero-order chi connectivity index (χ0) is 20.5. The highest BCUT2D eigenvalue weighted by Gasteiger charge is 2.25. The Morgan fingerprint density at radius 3 is 2.61 bits per heavy atom. The highest BCUT2D eigenvalue weighted by Crippen LogP contribution is 2.19. The van der Waals surface area contributed by atoms with Gasteiger partial charge in [-0.05, 0) is 49.1 Å². The molecule has 0 saturated carbocycles. The van der Waals surface area contributed by atoms with Crippen LogP contribution in [0.4, 0.5) is 0 Å². The highest BCUT2D eigenvalue weighted by molar-refractivity contribution is 9.10. The maximum absolute atomic E-state index is 13.0. The molecule has 0 bridgehead atoms. The van der Waals surface area contributed by atoms with E-state index in [0.29, 0.717) is 31.0 Å². The minimum atomic E-state index is -0.552. The van der Waals surface area contributed by atoms with E-state index in [1.807, 2.05) is 55.5 Å². The quantitative estimate of drug-likeness (QED) is 0.568. The minimum absolute atomic E-state index is 0.0703. The zero-order valence-corrected chi connectivity index (χ0v) is 18.6. The first kappa shape index (κ1) is 22.4. The molecule has 0 radical (unpaired) electrons. The van der Waals surface area contributed by atoms with Crippen molar-refractivity contribution in [1.29, 1.82) is 0 Å². The summed E-state index contributed by atoms with van der Waals surface area (Å²) in [4.78, 5) is 27.2. The number of nitrogens with one attached hydrogen (secondary N) is 1. The van der Waals surface area contributed by atoms with Gasteiger partial charge >= 0.3 is 0 Å². The molecule has 2 aromatic rings. The van der Waals surface area contributed by atoms with E-state index in [0.717, 1.165) is 22.0 Å². The maximum Gasteiger partial charge on any atom is 0.242 e. The summed E-state index contributed by atoms with van der Waals surface area (Å²) in [7, 11) is 0. The van der Waals surface area contributed by atoms with E-state index in [-0.39, 0.29) is 11.8 Å². The van der Waals surface area contributed by atoms with Crippen molar-refractivity contribution in [2.24, 2.45) is 0 Å². The minimum Gasteiger partial charge on any atom is -0.354 e. The molecule has 2 amide bonds. The fourth-order valence-electron chi connectivity index (χ4n) is 2.90. The molecule has 4 nitrogen and oxygen atoms in total. The molecule has 1 atom stereocenters. The Balaban J connectivity index is 2.14. The van der Waals surface area contributed by atoms with Crippen molar-refractivity contribution in [3.8, 4) is 0 Å². The van der Waals surface area contributed by atoms with Crippen LogP contribution in [0.15, 0.2) is 53.0 Å². The molecule has 1 N–H and O–H groups in total. The Morgan fingerprint density at radius 2 is 1.93 bits per heavy atom. The van der Waals surface area contributed by atoms with Crippen molar-refractivity contribution in [2.75, 3.05) is 6.54 Å². The Morgan fingerprint density at radius 1 is 1.18 bits per heavy atom. The van der Waals surface area contributed by atoms with Gasteiger partial charge in [0.2, 0.25) is 11.8 Å². The average Bonchev–Trinajstić information content (AvgIpc) is 2.69. The summed E-state index contributed by atoms with van der Waals surface area (Å²) in [5.41, 5.74) is 1.90. The molecule has 0 spiro atoms. The summed E-state index contributed by atoms with van der Waals surface area (Å²) in [6.07, 6.45) is 1.68. The van der Waals surface area contributed by atoms with E-state index in [4.69, 9.17) is 11.6 Å². The van der Waals surface area contributed by atoms with Crippen LogP contribution in [0.3, 0.4) is 0 Å². The molecule has 0 unspecified atom stereocenters. The third-order valence-corrected chi connectivity index (χ3v) is 5.39. The standard InChI is InChI=1S/C22H26BrClN2O2/c1-3-13-25-22(28)16(2)26(15-17-7-6-9-19(23)14-17)21(27)12-11-18-8-4-5-10-20(18)24/h4-10,14,16H,3,11-13,15H2,1-2H3,(H,25,28)/t16-/m0/s1. The van der Waals surface area contributed by atoms with Crippen LogP contribution < -0.4 is 5.32 Å². The van der Waals surface area contributed by atoms with Gasteiger partial charge in [-0.3, -0.25) is 9.59 Å². The monoisotopic (exact) mass is 464 g/mol. The van der Waals surface area contributed by atoms with Gasteiger partial charge in [0.05, 0.1) is 0 Å². The number of rotatable bonds is 9. The highest BCUT2D eigenvalue weighted by atomic mass is 79.9. The van der Waals surface area contributed by atoms with E-state index in [2.05, 4.69) is 21.2 Å². The van der Waals surface area contributed by atoms with Gasteiger partial charge in [0.15, 0.2) is 0 Å². The van der Waals surface area contributed by atoms with Crippen molar-refractivity contribution in [1.82, 2.24) is 10.2 Å². The van der Waals surface area contributed by atoms with Gasteiger partial charge in [-0.1, -0.05) is 64.8 Å². The second kappa shape index (κ2) is 11.2. The number of aryl methyl sites for hydroxylation is 1. The number of amides is 2. The fraction of sp³-hybridized carbons (Fsp3) is 0.364. The summed E-state index contributed by atoms with van der Waals surface area (Å²) in [6, 6.07) is 14.7. The first-order valence-electron chi connectivity index (χ1n) is 9.47. The SMILES string of the molecule is CCCNC(=O)[C@H](C)N(Cc1cccc(Br)c1)C(=O)CCc1ccccc1Cl. The predicted octanol–water partition coefficient (Wildman–Crippen LogP) is 4.98. The molecule has 0 saturated heterocycles. The van der Waals surface area contributed by atoms with Crippen LogP contribution in [-0.4, -0.2) is 29.3 Å². The lowest BCUT2D eigenvalue weighted by Gasteiger charge is -2.29. The Hall–Kier alpha value is -1.85. The molecule has 0 aliphatic heterocycles. The van der Waals surface area contributed by atoms with E-state index in [1.165, 1.54) is 0 Å². The molecule has 150 valence electrons. The summed E-state index contributed by atoms with van der Waals surface area (Å²) >= 11 is 9.67. The predicted molar refractivity (Wildman–Crippen MR) is 117 cm³/mol. The van der Waals surface area contributed by atoms with Crippen LogP contribution in [0.5, 0.6) is 0 Å². The second-order valence-corrected chi connectivity index (χ2v) is 8.03. The summed E-state index contributed by atoms with van der Waals surface area (Å²) in [5, 5.41) is 3.54. The Bertz CT molecular complexity index is 813. The van der Waals surface area contributed by atoms with Crippen LogP contribution in [0, 0.1) is 0 Å². The molecule has 0 heterocycles. The first-order chi connectivity index (χ1) is 13.4. The van der Waals surface area contributed by atoms with Gasteiger partial charge in [-0.15, -0.1) is 0 Å². The fourth-order valence-corrected chi connectivity index (χ4v) is 3.57. The van der Waals surface area contributed by atoms with Crippen LogP contribution in [0.25, 0.3) is 0 Å². The van der Waals surface area contributed by atoms with Gasteiger partial charge in [-0.2, -0.15) is 0 Å². The number of halogens is 2. The lowest BCUT2D eigenvalue weighted by atomic mass is 10.1. The van der Waals surface area contributed by atoms with E-state index in [9.17, 15) is 9.59 Å². The van der Waals surface area contributed by atoms with Crippen LogP contribution >= 0.6 is 27.5 Å². The van der Waals surface area contributed by atoms with E-state index in [1.54, 1.807) is 11.8 Å². The normalized spacial score (nSPS) is 11.7. The molecule has 6 heteroatoms. The van der Waals surface area contributed by atoms with Crippen molar-refractivity contribution in [3.63, 3.8) is 0 Å². The van der Waals surface area contributed by atoms with Gasteiger partial charge in [0, 0.05) is 29.0 Å². The lowest BCUT2D eigenvalue weighted by molar-refractivity contribution is -0.140. The number of hydrogen-bond acceptors (Lipinski definition) is 2. The molecular weight excluding hydrogens is 440 g/mol. The number of carbonyl (C=O) groups excluding carboxylic acids is 2. The van der Waals surface area contributed by atoms with Gasteiger partial charge in [-0.25, -0.2) is 0 Å². The van der Waals surface area contributed by atoms with Crippen molar-refractivity contribution in [2.45, 2.75) is 45.7 Å². The molecule has 2 rings (SSSR count). The molecule has 0 fully saturated rings. The molecular formula is C22H26BrClN2O2. The molecule has 0 aromatic heterocycles. The van der Waals surface area contributed by atoms with Crippen LogP contribution in [-0.2, 0) is 22.6 Å². The van der Waals surface area contributed by atoms with Crippen molar-refractivity contribution in [3.05, 3.63) is 69.2 Å². The van der Waals surface area contributed by atoms with Crippen LogP contribution in [0.1, 0.15) is 37.8 Å². The summed E-state index contributed by atoms with van der Waals surface area (Å²) in [5.74, 6) is -0.206. The summed E-state index contributed by atoms with van der Waals surface area (Å²) in [6.45, 7) is 4.75. The van der Waals surface area contributed by atoms with Gasteiger partial charge in [0.1, 0.15) is 6.04 Å². The van der Waals surface area contributed by atoms with Gasteiger partial charge < -0.3 is 10.2 Å². The molecule has 2 aromatic carbocycles. The van der Waals surface area contributed by atoms with Crippen molar-refractivity contribution < 1.29 is 9.59 Å². The van der Waals surface area contributed by atoms with E-state index >= 15 is 0 Å². The number of nitrogens with zero attached hydrogens (tertiary/aromatic N) is 1. The van der Waals surface area contributed by atoms with Crippen molar-refractivity contribution >= 4 is 39.3 Å². The second-order valence-electron chi connectivity index (χ2n) is 6.71. The first-order valence-corrected chi connectivity index (χ1v) is 10.6. The molecule has 28 heavy (non-hydrogen) atoms. The third kappa shape index (κ3) is 6.64. The number of carbonyl (C=O) groups is 2. The topological polar surface area (TPSA) is 49.4 Å². The molecule has 0 aliphatic carbocycles. The smallest absolute Gasteiger partial charge is 0.242 e. The largest absolute Gasteiger partial charge is 0.354 e. The van der Waals surface area contributed by atoms with Crippen LogP contribution in [0.2, 0.25) is 5.02 Å². The lowest BCUT2D eigenvalue weighted by Crippen LogP contribution is -2.47. The number of benzene rings is 2. The average molecular weight is 466 g/mol. The third-order valence-electron chi connectivity index (χ3n) is 4.52. The van der Waals surface area contributed by atoms with E-state index < -0.39 is 6.04 Å². The zero-order valence-electron chi connectivity index (χ0n) is 16.3.